The van der Waals surface area contributed by atoms with Crippen molar-refractivity contribution in [2.45, 2.75) is 19.0 Å². The third kappa shape index (κ3) is 5.07. The van der Waals surface area contributed by atoms with E-state index in [4.69, 9.17) is 32.4 Å². The van der Waals surface area contributed by atoms with Crippen LogP contribution in [-0.2, 0) is 23.8 Å². The number of alkyl halides is 3. The maximum Gasteiger partial charge on any atom is 0.435 e. The van der Waals surface area contributed by atoms with Crippen molar-refractivity contribution in [3.8, 4) is 22.7 Å². The van der Waals surface area contributed by atoms with Gasteiger partial charge in [-0.3, -0.25) is 20.4 Å². The minimum Gasteiger partial charge on any atom is -0.482 e. The number of rotatable bonds is 5. The number of aromatic nitrogens is 2. The minimum absolute atomic E-state index is 0.0954. The highest BCUT2D eigenvalue weighted by Gasteiger charge is 2.41. The lowest BCUT2D eigenvalue weighted by Crippen LogP contribution is -2.43. The molecule has 0 bridgehead atoms. The van der Waals surface area contributed by atoms with Crippen LogP contribution in [0.15, 0.2) is 59.2 Å². The lowest BCUT2D eigenvalue weighted by molar-refractivity contribution is -0.142. The smallest absolute Gasteiger partial charge is 0.435 e. The summed E-state index contributed by atoms with van der Waals surface area (Å²) >= 11 is 11.8. The maximum absolute atomic E-state index is 13.7. The van der Waals surface area contributed by atoms with E-state index in [0.29, 0.717) is 34.1 Å². The van der Waals surface area contributed by atoms with Crippen LogP contribution in [0.3, 0.4) is 0 Å². The van der Waals surface area contributed by atoms with Gasteiger partial charge in [-0.15, -0.1) is 0 Å². The van der Waals surface area contributed by atoms with E-state index in [-0.39, 0.29) is 28.3 Å². The highest BCUT2D eigenvalue weighted by molar-refractivity contribution is 6.35. The molecule has 0 radical (unpaired) electrons. The quantitative estimate of drug-likeness (QED) is 0.316. The number of nitrogens with one attached hydrogen (secondary N) is 2. The number of hydrogen-bond donors (Lipinski definition) is 2. The van der Waals surface area contributed by atoms with Crippen LogP contribution in [0.5, 0.6) is 5.75 Å². The molecule has 0 aliphatic heterocycles. The Hall–Kier alpha value is -3.96. The van der Waals surface area contributed by atoms with Crippen LogP contribution < -0.4 is 15.6 Å². The average molecular weight is 565 g/mol. The van der Waals surface area contributed by atoms with Gasteiger partial charge in [-0.25, -0.2) is 4.68 Å². The Balaban J connectivity index is 1.28. The van der Waals surface area contributed by atoms with Crippen LogP contribution in [0.2, 0.25) is 10.0 Å². The molecule has 2 heterocycles. The zero-order valence-corrected chi connectivity index (χ0v) is 20.7. The summed E-state index contributed by atoms with van der Waals surface area (Å²) < 4.78 is 53.0. The fraction of sp³-hybridized carbons (Fsp3) is 0.160. The molecule has 2 N–H and O–H groups in total. The number of aryl methyl sites for hydroxylation is 1. The first-order valence-corrected chi connectivity index (χ1v) is 11.9. The molecule has 2 aromatic carbocycles. The molecule has 13 heteroatoms. The number of amides is 2. The van der Waals surface area contributed by atoms with Gasteiger partial charge in [0, 0.05) is 28.1 Å². The Kier molecular flexibility index (Phi) is 6.80. The highest BCUT2D eigenvalue weighted by Crippen LogP contribution is 2.42. The first-order chi connectivity index (χ1) is 18.1. The minimum atomic E-state index is -4.63. The molecule has 0 unspecified atom stereocenters. The third-order valence-corrected chi connectivity index (χ3v) is 6.33. The van der Waals surface area contributed by atoms with Crippen LogP contribution in [0.4, 0.5) is 13.2 Å². The van der Waals surface area contributed by atoms with E-state index in [1.807, 2.05) is 0 Å². The average Bonchev–Trinajstić information content (AvgIpc) is 3.51. The van der Waals surface area contributed by atoms with Gasteiger partial charge in [0.15, 0.2) is 12.3 Å². The summed E-state index contributed by atoms with van der Waals surface area (Å²) in [6, 6.07) is 11.8. The molecule has 0 atom stereocenters. The van der Waals surface area contributed by atoms with Gasteiger partial charge < -0.3 is 9.15 Å². The summed E-state index contributed by atoms with van der Waals surface area (Å²) in [5, 5.41) is 4.49. The number of carbonyl (C=O) groups excluding carboxylic acids is 2. The first kappa shape index (κ1) is 25.7. The van der Waals surface area contributed by atoms with Crippen LogP contribution >= 0.6 is 23.2 Å². The van der Waals surface area contributed by atoms with Crippen LogP contribution in [0.25, 0.3) is 16.9 Å². The number of furan rings is 1. The molecule has 38 heavy (non-hydrogen) atoms. The van der Waals surface area contributed by atoms with Gasteiger partial charge in [0.25, 0.3) is 11.8 Å². The Morgan fingerprint density at radius 3 is 2.53 bits per heavy atom. The molecule has 0 fully saturated rings. The number of hydrogen-bond acceptors (Lipinski definition) is 5. The zero-order valence-electron chi connectivity index (χ0n) is 19.2. The van der Waals surface area contributed by atoms with Crippen LogP contribution in [0, 0.1) is 0 Å². The number of nitrogens with zero attached hydrogens (tertiary/aromatic N) is 2. The zero-order chi connectivity index (χ0) is 27.0. The van der Waals surface area contributed by atoms with Crippen molar-refractivity contribution >= 4 is 35.0 Å². The molecule has 8 nitrogen and oxygen atoms in total. The number of ether oxygens (including phenoxy) is 1. The number of halogens is 5. The molecule has 0 saturated carbocycles. The molecule has 2 amide bonds. The van der Waals surface area contributed by atoms with Gasteiger partial charge in [0.05, 0.1) is 22.7 Å². The fourth-order valence-corrected chi connectivity index (χ4v) is 4.55. The lowest BCUT2D eigenvalue weighted by Gasteiger charge is -2.15. The summed E-state index contributed by atoms with van der Waals surface area (Å²) in [7, 11) is 0. The van der Waals surface area contributed by atoms with Crippen molar-refractivity contribution in [2.24, 2.45) is 0 Å². The molecule has 4 aromatic rings. The first-order valence-electron chi connectivity index (χ1n) is 11.1. The summed E-state index contributed by atoms with van der Waals surface area (Å²) in [5.41, 5.74) is 4.91. The van der Waals surface area contributed by atoms with Gasteiger partial charge in [0.1, 0.15) is 11.5 Å². The topological polar surface area (TPSA) is 98.4 Å². The van der Waals surface area contributed by atoms with Crippen LogP contribution in [0.1, 0.15) is 27.4 Å². The SMILES string of the molecule is O=C(COc1ccc(Cl)cc1Cl)NNC(=O)c1ccc(-n2nc(C(F)(F)F)c3c2-c2ccoc2CC3)cc1. The predicted molar refractivity (Wildman–Crippen MR) is 131 cm³/mol. The molecule has 2 aromatic heterocycles. The highest BCUT2D eigenvalue weighted by atomic mass is 35.5. The van der Waals surface area contributed by atoms with E-state index >= 15 is 0 Å². The molecule has 0 spiro atoms. The van der Waals surface area contributed by atoms with Gasteiger partial charge in [-0.05, 0) is 55.0 Å². The lowest BCUT2D eigenvalue weighted by atomic mass is 9.94. The molecule has 196 valence electrons. The second kappa shape index (κ2) is 10.1. The van der Waals surface area contributed by atoms with Gasteiger partial charge in [-0.2, -0.15) is 18.3 Å². The third-order valence-electron chi connectivity index (χ3n) is 5.80. The molecular formula is C25H17Cl2F3N4O4. The van der Waals surface area contributed by atoms with E-state index in [9.17, 15) is 22.8 Å². The molecular weight excluding hydrogens is 548 g/mol. The Morgan fingerprint density at radius 2 is 1.82 bits per heavy atom. The second-order valence-electron chi connectivity index (χ2n) is 8.26. The standard InChI is InChI=1S/C25H17Cl2F3N4O4/c26-14-3-7-20(18(27)11-14)38-12-21(35)31-32-24(36)13-1-4-15(5-2-13)34-22-16-9-10-37-19(16)8-6-17(22)23(33-34)25(28,29)30/h1-5,7,9-11H,6,8,12H2,(H,31,35)(H,32,36). The summed E-state index contributed by atoms with van der Waals surface area (Å²) in [5.74, 6) is -0.476. The summed E-state index contributed by atoms with van der Waals surface area (Å²) in [6.45, 7) is -0.428. The Labute approximate surface area is 223 Å². The van der Waals surface area contributed by atoms with Gasteiger partial charge in [0.2, 0.25) is 0 Å². The van der Waals surface area contributed by atoms with E-state index in [1.165, 1.54) is 47.3 Å². The van der Waals surface area contributed by atoms with E-state index in [1.54, 1.807) is 12.1 Å². The van der Waals surface area contributed by atoms with Crippen molar-refractivity contribution < 1.29 is 31.9 Å². The molecule has 5 rings (SSSR count). The van der Waals surface area contributed by atoms with Crippen LogP contribution in [-0.4, -0.2) is 28.2 Å². The molecule has 0 saturated heterocycles. The number of hydrazine groups is 1. The second-order valence-corrected chi connectivity index (χ2v) is 9.10. The largest absolute Gasteiger partial charge is 0.482 e. The normalized spacial score (nSPS) is 12.4. The maximum atomic E-state index is 13.7. The Bertz CT molecular complexity index is 1530. The van der Waals surface area contributed by atoms with Crippen molar-refractivity contribution in [1.82, 2.24) is 20.6 Å². The van der Waals surface area contributed by atoms with Gasteiger partial charge in [-0.1, -0.05) is 23.2 Å². The van der Waals surface area contributed by atoms with E-state index in [0.717, 1.165) is 0 Å². The van der Waals surface area contributed by atoms with E-state index < -0.39 is 30.3 Å². The molecule has 1 aliphatic rings. The van der Waals surface area contributed by atoms with E-state index in [2.05, 4.69) is 16.0 Å². The monoisotopic (exact) mass is 564 g/mol. The van der Waals surface area contributed by atoms with Crippen molar-refractivity contribution in [2.75, 3.05) is 6.61 Å². The predicted octanol–water partition coefficient (Wildman–Crippen LogP) is 5.40. The number of benzene rings is 2. The fourth-order valence-electron chi connectivity index (χ4n) is 4.09. The number of fused-ring (bicyclic) bond motifs is 3. The number of carbonyl (C=O) groups is 2. The van der Waals surface area contributed by atoms with Gasteiger partial charge >= 0.3 is 6.18 Å². The summed E-state index contributed by atoms with van der Waals surface area (Å²) in [6.07, 6.45) is -2.72. The van der Waals surface area contributed by atoms with Crippen molar-refractivity contribution in [3.63, 3.8) is 0 Å². The van der Waals surface area contributed by atoms with Crippen molar-refractivity contribution in [1.29, 1.82) is 0 Å². The van der Waals surface area contributed by atoms with Crippen molar-refractivity contribution in [3.05, 3.63) is 87.4 Å². The molecule has 1 aliphatic carbocycles. The summed E-state index contributed by atoms with van der Waals surface area (Å²) in [4.78, 5) is 24.5. The Morgan fingerprint density at radius 1 is 1.05 bits per heavy atom.